The van der Waals surface area contributed by atoms with E-state index in [1.807, 2.05) is 0 Å². The summed E-state index contributed by atoms with van der Waals surface area (Å²) < 4.78 is 0. The molecule has 0 aromatic heterocycles. The SMILES string of the molecule is CC(=O)[O-].O=C([O-])CCCC(=O)[O-]. The Labute approximate surface area is 74.8 Å². The zero-order valence-corrected chi connectivity index (χ0v) is 7.07. The van der Waals surface area contributed by atoms with Crippen LogP contribution in [0.1, 0.15) is 26.2 Å². The van der Waals surface area contributed by atoms with E-state index in [4.69, 9.17) is 9.90 Å². The molecule has 0 heterocycles. The van der Waals surface area contributed by atoms with E-state index < -0.39 is 17.9 Å². The highest BCUT2D eigenvalue weighted by Crippen LogP contribution is 1.90. The van der Waals surface area contributed by atoms with Gasteiger partial charge < -0.3 is 29.7 Å². The Morgan fingerprint density at radius 3 is 1.31 bits per heavy atom. The summed E-state index contributed by atoms with van der Waals surface area (Å²) in [6.45, 7) is 0.972. The molecule has 0 saturated carbocycles. The van der Waals surface area contributed by atoms with Crippen LogP contribution in [0.25, 0.3) is 0 Å². The van der Waals surface area contributed by atoms with Crippen molar-refractivity contribution in [2.75, 3.05) is 0 Å². The van der Waals surface area contributed by atoms with Crippen molar-refractivity contribution >= 4 is 17.9 Å². The maximum Gasteiger partial charge on any atom is 0.0414 e. The Balaban J connectivity index is 0. The van der Waals surface area contributed by atoms with E-state index in [-0.39, 0.29) is 19.3 Å². The van der Waals surface area contributed by atoms with Gasteiger partial charge in [-0.05, 0) is 26.2 Å². The summed E-state index contributed by atoms with van der Waals surface area (Å²) in [4.78, 5) is 28.2. The van der Waals surface area contributed by atoms with Crippen LogP contribution in [-0.2, 0) is 14.4 Å². The number of carboxylic acids is 3. The lowest BCUT2D eigenvalue weighted by Crippen LogP contribution is -2.25. The van der Waals surface area contributed by atoms with Crippen molar-refractivity contribution < 1.29 is 29.7 Å². The number of carbonyl (C=O) groups is 3. The first-order chi connectivity index (χ1) is 5.86. The van der Waals surface area contributed by atoms with Crippen molar-refractivity contribution in [3.63, 3.8) is 0 Å². The van der Waals surface area contributed by atoms with Crippen molar-refractivity contribution in [2.24, 2.45) is 0 Å². The molecule has 6 heteroatoms. The monoisotopic (exact) mass is 189 g/mol. The van der Waals surface area contributed by atoms with Gasteiger partial charge in [-0.25, -0.2) is 0 Å². The third-order valence-corrected chi connectivity index (χ3v) is 0.762. The molecule has 0 unspecified atom stereocenters. The average Bonchev–Trinajstić information content (AvgIpc) is 1.83. The molecular formula is C7H9O6-3. The van der Waals surface area contributed by atoms with Crippen LogP contribution in [-0.4, -0.2) is 17.9 Å². The van der Waals surface area contributed by atoms with E-state index in [0.717, 1.165) is 6.92 Å². The molecule has 13 heavy (non-hydrogen) atoms. The van der Waals surface area contributed by atoms with Gasteiger partial charge in [0.05, 0.1) is 0 Å². The van der Waals surface area contributed by atoms with Gasteiger partial charge in [-0.3, -0.25) is 0 Å². The minimum atomic E-state index is -1.23. The zero-order valence-electron chi connectivity index (χ0n) is 7.07. The highest BCUT2D eigenvalue weighted by Gasteiger charge is 1.87. The highest BCUT2D eigenvalue weighted by molar-refractivity contribution is 5.67. The molecule has 0 saturated heterocycles. The Morgan fingerprint density at radius 2 is 1.15 bits per heavy atom. The molecule has 0 atom stereocenters. The van der Waals surface area contributed by atoms with Gasteiger partial charge in [-0.2, -0.15) is 0 Å². The first-order valence-electron chi connectivity index (χ1n) is 3.43. The van der Waals surface area contributed by atoms with E-state index in [0.29, 0.717) is 0 Å². The molecule has 0 rings (SSSR count). The molecule has 76 valence electrons. The van der Waals surface area contributed by atoms with Crippen LogP contribution in [0.15, 0.2) is 0 Å². The number of aliphatic carboxylic acids is 3. The summed E-state index contributed by atoms with van der Waals surface area (Å²) in [7, 11) is 0. The summed E-state index contributed by atoms with van der Waals surface area (Å²) >= 11 is 0. The van der Waals surface area contributed by atoms with Crippen LogP contribution in [0, 0.1) is 0 Å². The lowest BCUT2D eigenvalue weighted by molar-refractivity contribution is -0.308. The molecule has 0 amide bonds. The van der Waals surface area contributed by atoms with E-state index in [1.54, 1.807) is 0 Å². The van der Waals surface area contributed by atoms with Gasteiger partial charge in [-0.1, -0.05) is 0 Å². The molecular weight excluding hydrogens is 180 g/mol. The summed E-state index contributed by atoms with van der Waals surface area (Å²) in [6, 6.07) is 0. The topological polar surface area (TPSA) is 120 Å². The number of hydrogen-bond acceptors (Lipinski definition) is 6. The first kappa shape index (κ1) is 14.0. The summed E-state index contributed by atoms with van der Waals surface area (Å²) in [5.74, 6) is -3.53. The molecule has 0 aromatic carbocycles. The lowest BCUT2D eigenvalue weighted by atomic mass is 10.2. The van der Waals surface area contributed by atoms with Crippen LogP contribution >= 0.6 is 0 Å². The van der Waals surface area contributed by atoms with Gasteiger partial charge in [0.15, 0.2) is 0 Å². The fraction of sp³-hybridized carbons (Fsp3) is 0.571. The quantitative estimate of drug-likeness (QED) is 0.450. The highest BCUT2D eigenvalue weighted by atomic mass is 16.4. The lowest BCUT2D eigenvalue weighted by Gasteiger charge is -2.01. The molecule has 0 aliphatic rings. The maximum atomic E-state index is 9.66. The summed E-state index contributed by atoms with van der Waals surface area (Å²) in [5, 5.41) is 28.2. The van der Waals surface area contributed by atoms with Crippen molar-refractivity contribution in [3.8, 4) is 0 Å². The fourth-order valence-corrected chi connectivity index (χ4v) is 0.377. The van der Waals surface area contributed by atoms with Crippen molar-refractivity contribution in [1.29, 1.82) is 0 Å². The van der Waals surface area contributed by atoms with Crippen molar-refractivity contribution in [2.45, 2.75) is 26.2 Å². The third-order valence-electron chi connectivity index (χ3n) is 0.762. The van der Waals surface area contributed by atoms with E-state index in [1.165, 1.54) is 0 Å². The van der Waals surface area contributed by atoms with E-state index >= 15 is 0 Å². The Bertz CT molecular complexity index is 167. The maximum absolute atomic E-state index is 9.66. The summed E-state index contributed by atoms with van der Waals surface area (Å²) in [6.07, 6.45) is -0.341. The van der Waals surface area contributed by atoms with Gasteiger partial charge in [0.1, 0.15) is 0 Å². The molecule has 0 N–H and O–H groups in total. The largest absolute Gasteiger partial charge is 0.550 e. The second-order valence-electron chi connectivity index (χ2n) is 2.09. The van der Waals surface area contributed by atoms with Crippen LogP contribution in [0.3, 0.4) is 0 Å². The van der Waals surface area contributed by atoms with Gasteiger partial charge in [0, 0.05) is 17.9 Å². The first-order valence-corrected chi connectivity index (χ1v) is 3.43. The van der Waals surface area contributed by atoms with Crippen molar-refractivity contribution in [3.05, 3.63) is 0 Å². The van der Waals surface area contributed by atoms with Crippen LogP contribution in [0.2, 0.25) is 0 Å². The molecule has 0 aromatic rings. The minimum absolute atomic E-state index is 0.0880. The standard InChI is InChI=1S/C5H8O4.C2H4O2/c6-4(7)2-1-3-5(8)9;1-2(3)4/h1-3H2,(H,6,7)(H,8,9);1H3,(H,3,4)/p-3. The van der Waals surface area contributed by atoms with Gasteiger partial charge in [0.25, 0.3) is 0 Å². The van der Waals surface area contributed by atoms with Crippen LogP contribution < -0.4 is 15.3 Å². The Kier molecular flexibility index (Phi) is 9.14. The second-order valence-corrected chi connectivity index (χ2v) is 2.09. The normalized spacial score (nSPS) is 8.08. The third kappa shape index (κ3) is 37.9. The van der Waals surface area contributed by atoms with Crippen molar-refractivity contribution in [1.82, 2.24) is 0 Å². The number of carboxylic acid groups (broad SMARTS) is 3. The number of hydrogen-bond donors (Lipinski definition) is 0. The summed E-state index contributed by atoms with van der Waals surface area (Å²) in [5.41, 5.74) is 0. The smallest absolute Gasteiger partial charge is 0.0414 e. The molecule has 6 nitrogen and oxygen atoms in total. The number of rotatable bonds is 4. The fourth-order valence-electron chi connectivity index (χ4n) is 0.377. The molecule has 0 radical (unpaired) electrons. The molecule has 0 bridgehead atoms. The predicted molar refractivity (Wildman–Crippen MR) is 34.5 cm³/mol. The second kappa shape index (κ2) is 8.51. The molecule has 0 aliphatic carbocycles. The number of carbonyl (C=O) groups excluding carboxylic acids is 3. The average molecular weight is 189 g/mol. The van der Waals surface area contributed by atoms with Crippen LogP contribution in [0.5, 0.6) is 0 Å². The Morgan fingerprint density at radius 1 is 0.923 bits per heavy atom. The van der Waals surface area contributed by atoms with Crippen LogP contribution in [0.4, 0.5) is 0 Å². The van der Waals surface area contributed by atoms with E-state index in [9.17, 15) is 19.8 Å². The van der Waals surface area contributed by atoms with Gasteiger partial charge in [-0.15, -0.1) is 0 Å². The van der Waals surface area contributed by atoms with E-state index in [2.05, 4.69) is 0 Å². The molecule has 0 aliphatic heterocycles. The van der Waals surface area contributed by atoms with Gasteiger partial charge >= 0.3 is 0 Å². The van der Waals surface area contributed by atoms with Gasteiger partial charge in [0.2, 0.25) is 0 Å². The molecule has 0 fully saturated rings. The minimum Gasteiger partial charge on any atom is -0.550 e. The Hall–Kier alpha value is -1.59. The predicted octanol–water partition coefficient (Wildman–Crippen LogP) is -3.59. The molecule has 0 spiro atoms. The zero-order chi connectivity index (χ0) is 10.9.